The van der Waals surface area contributed by atoms with Gasteiger partial charge in [0.15, 0.2) is 0 Å². The number of benzene rings is 2. The fourth-order valence-electron chi connectivity index (χ4n) is 1.77. The summed E-state index contributed by atoms with van der Waals surface area (Å²) in [6.07, 6.45) is 0. The van der Waals surface area contributed by atoms with Gasteiger partial charge in [-0.25, -0.2) is 8.42 Å². The number of anilines is 1. The molecule has 0 atom stereocenters. The maximum absolute atomic E-state index is 12.5. The summed E-state index contributed by atoms with van der Waals surface area (Å²) in [6.45, 7) is 0. The zero-order chi connectivity index (χ0) is 16.3. The van der Waals surface area contributed by atoms with Crippen molar-refractivity contribution in [3.8, 4) is 11.5 Å². The summed E-state index contributed by atoms with van der Waals surface area (Å²) >= 11 is 11.8. The number of hydrogen-bond donors (Lipinski definition) is 1. The Kier molecular flexibility index (Phi) is 5.05. The van der Waals surface area contributed by atoms with Gasteiger partial charge in [0.1, 0.15) is 16.4 Å². The number of methoxy groups -OCH3 is 2. The van der Waals surface area contributed by atoms with Crippen LogP contribution in [0, 0.1) is 0 Å². The van der Waals surface area contributed by atoms with Crippen molar-refractivity contribution >= 4 is 38.9 Å². The second-order valence-corrected chi connectivity index (χ2v) is 6.74. The Morgan fingerprint density at radius 1 is 1.00 bits per heavy atom. The van der Waals surface area contributed by atoms with Crippen LogP contribution in [0.25, 0.3) is 0 Å². The summed E-state index contributed by atoms with van der Waals surface area (Å²) in [5.41, 5.74) is 0.263. The molecule has 1 N–H and O–H groups in total. The van der Waals surface area contributed by atoms with E-state index in [9.17, 15) is 8.42 Å². The van der Waals surface area contributed by atoms with Gasteiger partial charge in [-0.3, -0.25) is 4.72 Å². The van der Waals surface area contributed by atoms with E-state index in [1.54, 1.807) is 12.1 Å². The average molecular weight is 362 g/mol. The molecule has 0 saturated heterocycles. The van der Waals surface area contributed by atoms with Crippen molar-refractivity contribution in [2.24, 2.45) is 0 Å². The van der Waals surface area contributed by atoms with Crippen molar-refractivity contribution in [3.05, 3.63) is 46.4 Å². The van der Waals surface area contributed by atoms with Crippen LogP contribution in [0.15, 0.2) is 41.3 Å². The Morgan fingerprint density at radius 3 is 2.36 bits per heavy atom. The van der Waals surface area contributed by atoms with Crippen LogP contribution < -0.4 is 14.2 Å². The number of sulfonamides is 1. The summed E-state index contributed by atoms with van der Waals surface area (Å²) in [6, 6.07) is 8.92. The molecule has 8 heteroatoms. The van der Waals surface area contributed by atoms with E-state index in [-0.39, 0.29) is 20.6 Å². The minimum Gasteiger partial charge on any atom is -0.497 e. The van der Waals surface area contributed by atoms with Crippen molar-refractivity contribution in [3.63, 3.8) is 0 Å². The van der Waals surface area contributed by atoms with Gasteiger partial charge in [0.05, 0.1) is 24.9 Å². The normalized spacial score (nSPS) is 11.1. The molecular weight excluding hydrogens is 349 g/mol. The van der Waals surface area contributed by atoms with E-state index in [1.165, 1.54) is 38.5 Å². The molecule has 0 bridgehead atoms. The zero-order valence-corrected chi connectivity index (χ0v) is 14.1. The van der Waals surface area contributed by atoms with Crippen molar-refractivity contribution in [2.75, 3.05) is 18.9 Å². The van der Waals surface area contributed by atoms with E-state index in [2.05, 4.69) is 4.72 Å². The highest BCUT2D eigenvalue weighted by Crippen LogP contribution is 2.32. The molecule has 0 spiro atoms. The third-order valence-electron chi connectivity index (χ3n) is 2.84. The first kappa shape index (κ1) is 16.7. The fraction of sp³-hybridized carbons (Fsp3) is 0.143. The summed E-state index contributed by atoms with van der Waals surface area (Å²) in [5.74, 6) is 0.863. The third-order valence-corrected chi connectivity index (χ3v) is 4.92. The molecule has 22 heavy (non-hydrogen) atoms. The topological polar surface area (TPSA) is 64.6 Å². The van der Waals surface area contributed by atoms with Crippen molar-refractivity contribution in [2.45, 2.75) is 4.90 Å². The minimum atomic E-state index is -3.91. The zero-order valence-electron chi connectivity index (χ0n) is 11.8. The van der Waals surface area contributed by atoms with E-state index in [1.807, 2.05) is 0 Å². The Balaban J connectivity index is 2.43. The van der Waals surface area contributed by atoms with E-state index in [0.29, 0.717) is 11.5 Å². The van der Waals surface area contributed by atoms with Gasteiger partial charge >= 0.3 is 0 Å². The summed E-state index contributed by atoms with van der Waals surface area (Å²) in [4.78, 5) is -0.112. The highest BCUT2D eigenvalue weighted by atomic mass is 35.5. The van der Waals surface area contributed by atoms with Crippen molar-refractivity contribution in [1.82, 2.24) is 0 Å². The second kappa shape index (κ2) is 6.64. The van der Waals surface area contributed by atoms with Gasteiger partial charge in [0, 0.05) is 11.1 Å². The van der Waals surface area contributed by atoms with Gasteiger partial charge < -0.3 is 9.47 Å². The Labute approximate surface area is 138 Å². The van der Waals surface area contributed by atoms with Gasteiger partial charge in [0.2, 0.25) is 0 Å². The molecule has 118 valence electrons. The van der Waals surface area contributed by atoms with Crippen LogP contribution in [0.3, 0.4) is 0 Å². The lowest BCUT2D eigenvalue weighted by Crippen LogP contribution is -2.14. The molecule has 2 aromatic carbocycles. The number of nitrogens with one attached hydrogen (secondary N) is 1. The molecule has 0 saturated carbocycles. The van der Waals surface area contributed by atoms with Crippen LogP contribution in [0.1, 0.15) is 0 Å². The highest BCUT2D eigenvalue weighted by Gasteiger charge is 2.20. The number of halogens is 2. The monoisotopic (exact) mass is 361 g/mol. The molecule has 2 aromatic rings. The molecule has 0 aromatic heterocycles. The molecular formula is C14H13Cl2NO4S. The summed E-state index contributed by atoms with van der Waals surface area (Å²) in [7, 11) is -0.972. The lowest BCUT2D eigenvalue weighted by molar-refractivity contribution is 0.395. The Hall–Kier alpha value is -1.63. The maximum Gasteiger partial charge on any atom is 0.263 e. The summed E-state index contributed by atoms with van der Waals surface area (Å²) < 4.78 is 37.6. The quantitative estimate of drug-likeness (QED) is 0.879. The van der Waals surface area contributed by atoms with E-state index >= 15 is 0 Å². The first-order chi connectivity index (χ1) is 10.4. The van der Waals surface area contributed by atoms with Gasteiger partial charge in [-0.2, -0.15) is 0 Å². The lowest BCUT2D eigenvalue weighted by Gasteiger charge is -2.13. The SMILES string of the molecule is COc1ccc(NS(=O)(=O)c2cc(Cl)ccc2Cl)c(OC)c1. The molecule has 0 radical (unpaired) electrons. The molecule has 2 rings (SSSR count). The standard InChI is InChI=1S/C14H13Cl2NO4S/c1-20-10-4-6-12(13(8-10)21-2)17-22(18,19)14-7-9(15)3-5-11(14)16/h3-8,17H,1-2H3. The van der Waals surface area contributed by atoms with Gasteiger partial charge in [-0.05, 0) is 30.3 Å². The van der Waals surface area contributed by atoms with Crippen LogP contribution in [0.4, 0.5) is 5.69 Å². The second-order valence-electron chi connectivity index (χ2n) is 4.25. The minimum absolute atomic E-state index is 0.0735. The van der Waals surface area contributed by atoms with Gasteiger partial charge in [-0.1, -0.05) is 23.2 Å². The van der Waals surface area contributed by atoms with Crippen LogP contribution >= 0.6 is 23.2 Å². The number of ether oxygens (including phenoxy) is 2. The van der Waals surface area contributed by atoms with E-state index in [0.717, 1.165) is 0 Å². The van der Waals surface area contributed by atoms with Crippen LogP contribution in [0.5, 0.6) is 11.5 Å². The molecule has 5 nitrogen and oxygen atoms in total. The molecule has 0 aliphatic carbocycles. The first-order valence-electron chi connectivity index (χ1n) is 6.07. The van der Waals surface area contributed by atoms with Crippen molar-refractivity contribution in [1.29, 1.82) is 0 Å². The molecule has 0 unspecified atom stereocenters. The van der Waals surface area contributed by atoms with Crippen LogP contribution in [-0.2, 0) is 10.0 Å². The van der Waals surface area contributed by atoms with Crippen molar-refractivity contribution < 1.29 is 17.9 Å². The smallest absolute Gasteiger partial charge is 0.263 e. The third kappa shape index (κ3) is 3.58. The van der Waals surface area contributed by atoms with E-state index < -0.39 is 10.0 Å². The Morgan fingerprint density at radius 2 is 1.73 bits per heavy atom. The maximum atomic E-state index is 12.5. The molecule has 0 aliphatic rings. The predicted molar refractivity (Wildman–Crippen MR) is 86.8 cm³/mol. The van der Waals surface area contributed by atoms with Gasteiger partial charge in [-0.15, -0.1) is 0 Å². The van der Waals surface area contributed by atoms with E-state index in [4.69, 9.17) is 32.7 Å². The number of hydrogen-bond acceptors (Lipinski definition) is 4. The molecule has 0 fully saturated rings. The Bertz CT molecular complexity index is 793. The predicted octanol–water partition coefficient (Wildman–Crippen LogP) is 3.81. The highest BCUT2D eigenvalue weighted by molar-refractivity contribution is 7.92. The lowest BCUT2D eigenvalue weighted by atomic mass is 10.3. The number of rotatable bonds is 5. The molecule has 0 aliphatic heterocycles. The largest absolute Gasteiger partial charge is 0.497 e. The fourth-order valence-corrected chi connectivity index (χ4v) is 3.60. The van der Waals surface area contributed by atoms with Crippen LogP contribution in [0.2, 0.25) is 10.0 Å². The average Bonchev–Trinajstić information content (AvgIpc) is 2.49. The molecule has 0 heterocycles. The first-order valence-corrected chi connectivity index (χ1v) is 8.31. The molecule has 0 amide bonds. The van der Waals surface area contributed by atoms with Gasteiger partial charge in [0.25, 0.3) is 10.0 Å². The summed E-state index contributed by atoms with van der Waals surface area (Å²) in [5, 5.41) is 0.343. The van der Waals surface area contributed by atoms with Crippen LogP contribution in [-0.4, -0.2) is 22.6 Å².